The molecule has 0 atom stereocenters. The summed E-state index contributed by atoms with van der Waals surface area (Å²) in [4.78, 5) is 158. The largest absolute Gasteiger partial charge is 0.488 e. The number of ketones is 5. The average Bonchev–Trinajstić information content (AvgIpc) is 1.63. The smallest absolute Gasteiger partial charge is 0.410 e. The Kier molecular flexibility index (Phi) is 35.6. The van der Waals surface area contributed by atoms with Gasteiger partial charge in [0.1, 0.15) is 109 Å². The predicted octanol–water partition coefficient (Wildman–Crippen LogP) is 13.3. The second-order valence-corrected chi connectivity index (χ2v) is 37.4. The van der Waals surface area contributed by atoms with Crippen LogP contribution in [0.25, 0.3) is 0 Å². The van der Waals surface area contributed by atoms with Gasteiger partial charge >= 0.3 is 24.4 Å². The molecular formula is C93H108FN15O20S4. The number of ether oxygens (including phenoxy) is 9. The van der Waals surface area contributed by atoms with Crippen molar-refractivity contribution >= 4 is 97.3 Å². The Morgan fingerprint density at radius 2 is 0.722 bits per heavy atom. The van der Waals surface area contributed by atoms with Crippen molar-refractivity contribution in [1.82, 2.24) is 73.7 Å². The van der Waals surface area contributed by atoms with Gasteiger partial charge in [-0.1, -0.05) is 19.4 Å². The summed E-state index contributed by atoms with van der Waals surface area (Å²) in [6.07, 6.45) is 4.52. The van der Waals surface area contributed by atoms with Crippen LogP contribution in [0.3, 0.4) is 0 Å². The zero-order chi connectivity index (χ0) is 95.9. The van der Waals surface area contributed by atoms with Crippen LogP contribution in [0.2, 0.25) is 0 Å². The highest BCUT2D eigenvalue weighted by atomic mass is 32.2. The number of aryl methyl sites for hydroxylation is 9. The number of halogens is 1. The Bertz CT molecular complexity index is 5890. The van der Waals surface area contributed by atoms with Crippen molar-refractivity contribution < 1.29 is 98.6 Å². The van der Waals surface area contributed by atoms with E-state index in [1.54, 1.807) is 107 Å². The number of likely N-dealkylation sites (tertiary alicyclic amines) is 4. The lowest BCUT2D eigenvalue weighted by molar-refractivity contribution is 0.00154. The highest BCUT2D eigenvalue weighted by molar-refractivity contribution is 7.88. The van der Waals surface area contributed by atoms with Crippen molar-refractivity contribution in [3.05, 3.63) is 225 Å². The maximum absolute atomic E-state index is 13.0. The number of thiazole rings is 3. The first kappa shape index (κ1) is 101. The molecule has 0 N–H and O–H groups in total. The molecule has 0 aliphatic carbocycles. The summed E-state index contributed by atoms with van der Waals surface area (Å²) in [6.45, 7) is 29.2. The van der Waals surface area contributed by atoms with Crippen LogP contribution in [-0.4, -0.2) is 264 Å². The van der Waals surface area contributed by atoms with Gasteiger partial charge in [-0.05, 0) is 113 Å². The second kappa shape index (κ2) is 47.0. The molecule has 0 unspecified atom stereocenters. The van der Waals surface area contributed by atoms with Gasteiger partial charge in [-0.25, -0.2) is 71.9 Å². The Balaban J connectivity index is 0.000000160. The van der Waals surface area contributed by atoms with Crippen molar-refractivity contribution in [2.75, 3.05) is 92.0 Å². The third-order valence-electron chi connectivity index (χ3n) is 20.2. The summed E-state index contributed by atoms with van der Waals surface area (Å²) in [5.74, 6) is 1.72. The van der Waals surface area contributed by atoms with Gasteiger partial charge in [0.25, 0.3) is 0 Å². The minimum Gasteiger partial charge on any atom is -0.488 e. The van der Waals surface area contributed by atoms with Crippen LogP contribution in [0.15, 0.2) is 113 Å². The van der Waals surface area contributed by atoms with Crippen LogP contribution in [0.1, 0.15) is 171 Å². The Labute approximate surface area is 782 Å². The molecule has 0 spiro atoms. The standard InChI is InChI=1S/C21H24FN3O4.C20H23N3O4.C19H23N3O4S.C17H19N3O4S.C16H19N3O4S2/c1-3-4-7-28-21(27)25-12-18(13-25)29-17-8-14(2)24-19(10-17)20(26)9-16-6-5-15(22)11-23-16;1-4-26-20(25)23-11-17(12-23)27-16-7-14(3)22-18(9-16)19(24)8-15-6-5-13(2)10-21-15;1-11(2)25-19(24)22-8-15(9-22)26-14-5-12(3)20-16(6-14)17(23)7-18-21-13(4)10-27-18;1-10-4-12(24-13-7-20(8-13)17(22)23-3)5-14(18-10)15(21)6-16-19-11(2)9-25-16;1-10-4-12(23-13-7-19(8-13)25(3,21)22)5-14(17-10)15(20)6-16-18-11(2)9-24-16/h5-6,8,10-11,18H,3-4,7,9,12-13H2,1-2H3;5-7,9-10,17H,4,8,11-12H2,1-3H3;5-6,10-11,15H,7-9H2,1-4H3;2*4-5,9,13H,6-8H2,1-3H3. The molecule has 5 fully saturated rings. The molecule has 0 aromatic carbocycles. The van der Waals surface area contributed by atoms with E-state index in [2.05, 4.69) is 54.6 Å². The molecule has 0 bridgehead atoms. The predicted molar refractivity (Wildman–Crippen MR) is 491 cm³/mol. The zero-order valence-corrected chi connectivity index (χ0v) is 80.0. The molecule has 4 amide bonds. The molecule has 133 heavy (non-hydrogen) atoms. The maximum atomic E-state index is 13.0. The number of hydrogen-bond donors (Lipinski definition) is 0. The first-order valence-corrected chi connectivity index (χ1v) is 47.6. The highest BCUT2D eigenvalue weighted by Crippen LogP contribution is 2.30. The molecule has 0 radical (unpaired) electrons. The molecule has 15 heterocycles. The third-order valence-corrected chi connectivity index (χ3v) is 24.3. The average molecular weight is 1900 g/mol. The molecule has 10 aromatic rings. The van der Waals surface area contributed by atoms with Gasteiger partial charge in [-0.2, -0.15) is 4.31 Å². The lowest BCUT2D eigenvalue weighted by Crippen LogP contribution is -2.56. The maximum Gasteiger partial charge on any atom is 0.410 e. The Morgan fingerprint density at radius 3 is 1.01 bits per heavy atom. The van der Waals surface area contributed by atoms with E-state index < -0.39 is 15.8 Å². The third kappa shape index (κ3) is 30.9. The van der Waals surface area contributed by atoms with Gasteiger partial charge in [0.2, 0.25) is 10.0 Å². The van der Waals surface area contributed by atoms with E-state index >= 15 is 0 Å². The van der Waals surface area contributed by atoms with Crippen LogP contribution in [-0.2, 0) is 61.1 Å². The van der Waals surface area contributed by atoms with Crippen LogP contribution in [0.5, 0.6) is 28.7 Å². The molecule has 10 aromatic heterocycles. The molecule has 40 heteroatoms. The lowest BCUT2D eigenvalue weighted by atomic mass is 10.1. The van der Waals surface area contributed by atoms with E-state index in [9.17, 15) is 56.0 Å². The highest BCUT2D eigenvalue weighted by Gasteiger charge is 2.39. The van der Waals surface area contributed by atoms with E-state index in [1.807, 2.05) is 97.5 Å². The number of hydrogen-bond acceptors (Lipinski definition) is 33. The van der Waals surface area contributed by atoms with Crippen LogP contribution in [0, 0.1) is 68.1 Å². The molecule has 0 saturated carbocycles. The number of carbonyl (C=O) groups excluding carboxylic acids is 9. The fourth-order valence-electron chi connectivity index (χ4n) is 13.4. The van der Waals surface area contributed by atoms with Crippen molar-refractivity contribution in [2.45, 2.75) is 172 Å². The first-order chi connectivity index (χ1) is 63.3. The summed E-state index contributed by atoms with van der Waals surface area (Å²) in [7, 11) is -1.82. The summed E-state index contributed by atoms with van der Waals surface area (Å²) < 4.78 is 86.3. The van der Waals surface area contributed by atoms with E-state index in [-0.39, 0.29) is 128 Å². The molecule has 5 aliphatic rings. The monoisotopic (exact) mass is 1900 g/mol. The van der Waals surface area contributed by atoms with Crippen molar-refractivity contribution in [2.24, 2.45) is 0 Å². The number of pyridine rings is 7. The molecule has 5 aliphatic heterocycles. The molecule has 15 rings (SSSR count). The SMILES string of the molecule is CCCCOC(=O)N1CC(Oc2cc(C)nc(C(=O)Cc3ccc(F)cn3)c2)C1.CCOC(=O)N1CC(Oc2cc(C)nc(C(=O)Cc3ccc(C)cn3)c2)C1.COC(=O)N1CC(Oc2cc(C)nc(C(=O)Cc3nc(C)cs3)c2)C1.Cc1cc(OC2CN(C(=O)OC(C)C)C2)cc(C(=O)Cc2nc(C)cs2)n1.Cc1cc(OC2CN(S(C)(=O)=O)C2)cc(C(=O)Cc2nc(C)cs2)n1. The zero-order valence-electron chi connectivity index (χ0n) is 76.8. The number of methoxy groups -OCH3 is 1. The van der Waals surface area contributed by atoms with E-state index in [1.165, 1.54) is 63.8 Å². The minimum absolute atomic E-state index is 0.0248. The number of Topliss-reactive ketones (excluding diaryl/α,β-unsaturated/α-hetero) is 5. The van der Waals surface area contributed by atoms with Crippen LogP contribution in [0.4, 0.5) is 23.6 Å². The van der Waals surface area contributed by atoms with Crippen LogP contribution < -0.4 is 23.7 Å². The number of amides is 4. The first-order valence-electron chi connectivity index (χ1n) is 43.1. The van der Waals surface area contributed by atoms with Crippen LogP contribution >= 0.6 is 34.0 Å². The quantitative estimate of drug-likeness (QED) is 0.0221. The second-order valence-electron chi connectivity index (χ2n) is 32.6. The summed E-state index contributed by atoms with van der Waals surface area (Å²) in [5.41, 5.74) is 10.1. The summed E-state index contributed by atoms with van der Waals surface area (Å²) >= 11 is 4.39. The van der Waals surface area contributed by atoms with Gasteiger partial charge in [0.15, 0.2) is 28.9 Å². The Hall–Kier alpha value is -12.8. The number of carbonyl (C=O) groups is 9. The van der Waals surface area contributed by atoms with E-state index in [4.69, 9.17) is 37.9 Å². The van der Waals surface area contributed by atoms with Gasteiger partial charge in [-0.15, -0.1) is 34.0 Å². The lowest BCUT2D eigenvalue weighted by Gasteiger charge is -2.38. The molecule has 35 nitrogen and oxygen atoms in total. The van der Waals surface area contributed by atoms with Crippen molar-refractivity contribution in [3.63, 3.8) is 0 Å². The van der Waals surface area contributed by atoms with Gasteiger partial charge in [0, 0.05) is 140 Å². The van der Waals surface area contributed by atoms with Gasteiger partial charge < -0.3 is 62.2 Å². The topological polar surface area (TPSA) is 416 Å². The minimum atomic E-state index is -3.17. The fourth-order valence-corrected chi connectivity index (χ4v) is 16.6. The molecule has 5 saturated heterocycles. The number of rotatable bonds is 31. The number of sulfonamides is 1. The normalized spacial score (nSPS) is 14.3. The van der Waals surface area contributed by atoms with Gasteiger partial charge in [-0.3, -0.25) is 33.9 Å². The number of aromatic nitrogens is 10. The van der Waals surface area contributed by atoms with Crippen molar-refractivity contribution in [1.29, 1.82) is 0 Å². The molecule has 706 valence electrons. The van der Waals surface area contributed by atoms with E-state index in [0.717, 1.165) is 56.7 Å². The number of nitrogens with zero attached hydrogens (tertiary/aromatic N) is 15. The number of unbranched alkanes of at least 4 members (excludes halogenated alkanes) is 1. The fraction of sp³-hybridized carbons (Fsp3) is 0.430. The Morgan fingerprint density at radius 1 is 0.406 bits per heavy atom. The van der Waals surface area contributed by atoms with Gasteiger partial charge in [0.05, 0.1) is 136 Å². The summed E-state index contributed by atoms with van der Waals surface area (Å²) in [5, 5.41) is 8.07. The van der Waals surface area contributed by atoms with E-state index in [0.29, 0.717) is 170 Å². The summed E-state index contributed by atoms with van der Waals surface area (Å²) in [6, 6.07) is 23.5. The molecular weight excluding hydrogens is 1790 g/mol. The van der Waals surface area contributed by atoms with Crippen molar-refractivity contribution in [3.8, 4) is 28.7 Å².